The summed E-state index contributed by atoms with van der Waals surface area (Å²) < 4.78 is 38.3. The van der Waals surface area contributed by atoms with Crippen molar-refractivity contribution in [1.82, 2.24) is 14.9 Å². The van der Waals surface area contributed by atoms with Gasteiger partial charge in [0.1, 0.15) is 11.6 Å². The number of hydrogen-bond acceptors (Lipinski definition) is 7. The summed E-state index contributed by atoms with van der Waals surface area (Å²) >= 11 is 0. The van der Waals surface area contributed by atoms with E-state index >= 15 is 0 Å². The molecule has 35 heavy (non-hydrogen) atoms. The molecule has 0 radical (unpaired) electrons. The Morgan fingerprint density at radius 1 is 0.943 bits per heavy atom. The number of fused-ring (bicyclic) bond motifs is 2. The molecule has 1 aliphatic carbocycles. The first-order valence-corrected chi connectivity index (χ1v) is 11.7. The second-order valence-corrected chi connectivity index (χ2v) is 9.21. The van der Waals surface area contributed by atoms with Crippen molar-refractivity contribution in [1.29, 1.82) is 0 Å². The van der Waals surface area contributed by atoms with Crippen molar-refractivity contribution in [2.24, 2.45) is 0 Å². The highest BCUT2D eigenvalue weighted by Gasteiger charge is 2.30. The lowest BCUT2D eigenvalue weighted by atomic mass is 9.82. The number of benzene rings is 2. The minimum absolute atomic E-state index is 0.0963. The van der Waals surface area contributed by atoms with Gasteiger partial charge < -0.3 is 14.4 Å². The third kappa shape index (κ3) is 4.43. The minimum atomic E-state index is -0.639. The van der Waals surface area contributed by atoms with E-state index in [0.717, 1.165) is 50.3 Å². The second kappa shape index (κ2) is 8.88. The summed E-state index contributed by atoms with van der Waals surface area (Å²) in [6, 6.07) is 9.47. The standard InChI is InChI=1S/C26H24F2N4O3/c27-19-8-17(9-20(28)12-19)18-10-22-21(23(33)11-18)13-29-26(30-22)32-5-3-31(4-6-32)14-16-1-2-24-25(7-16)35-15-34-24/h1-2,7-9,12-13,18H,3-6,10-11,14-15H2/t18-/m1/s1. The molecule has 2 aliphatic heterocycles. The number of carbonyl (C=O) groups is 1. The quantitative estimate of drug-likeness (QED) is 0.566. The fourth-order valence-electron chi connectivity index (χ4n) is 5.04. The number of rotatable bonds is 4. The van der Waals surface area contributed by atoms with Crippen LogP contribution in [0.5, 0.6) is 11.5 Å². The van der Waals surface area contributed by atoms with Crippen LogP contribution in [0.1, 0.15) is 39.5 Å². The van der Waals surface area contributed by atoms with Gasteiger partial charge in [-0.25, -0.2) is 18.7 Å². The Morgan fingerprint density at radius 2 is 1.71 bits per heavy atom. The number of halogens is 2. The van der Waals surface area contributed by atoms with Crippen LogP contribution in [0.3, 0.4) is 0 Å². The SMILES string of the molecule is O=C1C[C@H](c2cc(F)cc(F)c2)Cc2nc(N3CCN(Cc4ccc5c(c4)OCO5)CC3)ncc21. The fourth-order valence-corrected chi connectivity index (χ4v) is 5.04. The summed E-state index contributed by atoms with van der Waals surface area (Å²) in [5, 5.41) is 0. The van der Waals surface area contributed by atoms with E-state index in [1.165, 1.54) is 17.7 Å². The van der Waals surface area contributed by atoms with Crippen LogP contribution < -0.4 is 14.4 Å². The maximum Gasteiger partial charge on any atom is 0.231 e. The molecule has 6 rings (SSSR count). The molecule has 0 N–H and O–H groups in total. The molecule has 3 heterocycles. The van der Waals surface area contributed by atoms with Crippen molar-refractivity contribution < 1.29 is 23.0 Å². The lowest BCUT2D eigenvalue weighted by Crippen LogP contribution is -2.46. The summed E-state index contributed by atoms with van der Waals surface area (Å²) in [7, 11) is 0. The molecule has 1 saturated heterocycles. The molecule has 1 fully saturated rings. The molecular weight excluding hydrogens is 454 g/mol. The lowest BCUT2D eigenvalue weighted by molar-refractivity contribution is 0.0962. The Kier molecular flexibility index (Phi) is 5.56. The van der Waals surface area contributed by atoms with Gasteiger partial charge in [-0.15, -0.1) is 0 Å². The summed E-state index contributed by atoms with van der Waals surface area (Å²) in [4.78, 5) is 26.4. The zero-order valence-electron chi connectivity index (χ0n) is 19.0. The molecule has 9 heteroatoms. The normalized spacial score (nSPS) is 19.7. The van der Waals surface area contributed by atoms with Crippen molar-refractivity contribution in [3.05, 3.63) is 76.6 Å². The van der Waals surface area contributed by atoms with Crippen molar-refractivity contribution >= 4 is 11.7 Å². The van der Waals surface area contributed by atoms with Gasteiger partial charge in [0.2, 0.25) is 12.7 Å². The van der Waals surface area contributed by atoms with E-state index < -0.39 is 11.6 Å². The van der Waals surface area contributed by atoms with Crippen molar-refractivity contribution in [3.8, 4) is 11.5 Å². The summed E-state index contributed by atoms with van der Waals surface area (Å²) in [6.07, 6.45) is 2.24. The largest absolute Gasteiger partial charge is 0.454 e. The van der Waals surface area contributed by atoms with E-state index in [4.69, 9.17) is 14.5 Å². The highest BCUT2D eigenvalue weighted by molar-refractivity contribution is 5.98. The second-order valence-electron chi connectivity index (χ2n) is 9.21. The van der Waals surface area contributed by atoms with Gasteiger partial charge in [-0.3, -0.25) is 9.69 Å². The van der Waals surface area contributed by atoms with E-state index in [0.29, 0.717) is 29.2 Å². The number of carbonyl (C=O) groups excluding carboxylic acids is 1. The zero-order chi connectivity index (χ0) is 23.9. The van der Waals surface area contributed by atoms with Crippen LogP contribution in [0, 0.1) is 11.6 Å². The number of Topliss-reactive ketones (excluding diaryl/α,β-unsaturated/α-hetero) is 1. The molecule has 0 spiro atoms. The summed E-state index contributed by atoms with van der Waals surface area (Å²) in [6.45, 7) is 4.29. The molecule has 180 valence electrons. The van der Waals surface area contributed by atoms with Gasteiger partial charge in [-0.2, -0.15) is 0 Å². The average molecular weight is 478 g/mol. The van der Waals surface area contributed by atoms with E-state index in [1.807, 2.05) is 12.1 Å². The van der Waals surface area contributed by atoms with Crippen LogP contribution in [-0.4, -0.2) is 53.6 Å². The highest BCUT2D eigenvalue weighted by atomic mass is 19.1. The van der Waals surface area contributed by atoms with Crippen LogP contribution in [0.4, 0.5) is 14.7 Å². The van der Waals surface area contributed by atoms with Gasteiger partial charge in [0, 0.05) is 51.4 Å². The van der Waals surface area contributed by atoms with Gasteiger partial charge in [0.05, 0.1) is 11.3 Å². The number of aromatic nitrogens is 2. The molecule has 0 unspecified atom stereocenters. The molecular formula is C26H24F2N4O3. The Morgan fingerprint density at radius 3 is 2.51 bits per heavy atom. The maximum absolute atomic E-state index is 13.7. The Bertz CT molecular complexity index is 1270. The molecule has 0 amide bonds. The molecule has 0 saturated carbocycles. The number of piperazine rings is 1. The minimum Gasteiger partial charge on any atom is -0.454 e. The van der Waals surface area contributed by atoms with Gasteiger partial charge in [-0.1, -0.05) is 6.07 Å². The average Bonchev–Trinajstić information content (AvgIpc) is 3.31. The Labute approximate surface area is 201 Å². The Balaban J connectivity index is 1.13. The molecule has 3 aromatic rings. The molecule has 2 aromatic carbocycles. The highest BCUT2D eigenvalue weighted by Crippen LogP contribution is 2.34. The van der Waals surface area contributed by atoms with Crippen LogP contribution >= 0.6 is 0 Å². The van der Waals surface area contributed by atoms with Crippen molar-refractivity contribution in [2.45, 2.75) is 25.3 Å². The first-order chi connectivity index (χ1) is 17.0. The smallest absolute Gasteiger partial charge is 0.231 e. The number of hydrogen-bond donors (Lipinski definition) is 0. The number of ketones is 1. The van der Waals surface area contributed by atoms with Crippen molar-refractivity contribution in [2.75, 3.05) is 37.9 Å². The zero-order valence-corrected chi connectivity index (χ0v) is 19.0. The number of ether oxygens (including phenoxy) is 2. The van der Waals surface area contributed by atoms with E-state index in [2.05, 4.69) is 20.9 Å². The molecule has 1 aromatic heterocycles. The van der Waals surface area contributed by atoms with Crippen molar-refractivity contribution in [3.63, 3.8) is 0 Å². The van der Waals surface area contributed by atoms with Gasteiger partial charge in [0.25, 0.3) is 0 Å². The lowest BCUT2D eigenvalue weighted by Gasteiger charge is -2.35. The third-order valence-corrected chi connectivity index (χ3v) is 6.88. The fraction of sp³-hybridized carbons (Fsp3) is 0.346. The van der Waals surface area contributed by atoms with Crippen LogP contribution in [-0.2, 0) is 13.0 Å². The first kappa shape index (κ1) is 21.9. The monoisotopic (exact) mass is 478 g/mol. The third-order valence-electron chi connectivity index (χ3n) is 6.88. The molecule has 0 bridgehead atoms. The predicted octanol–water partition coefficient (Wildman–Crippen LogP) is 3.72. The Hall–Kier alpha value is -3.59. The summed E-state index contributed by atoms with van der Waals surface area (Å²) in [5.74, 6) is 0.483. The van der Waals surface area contributed by atoms with Crippen LogP contribution in [0.25, 0.3) is 0 Å². The van der Waals surface area contributed by atoms with Crippen LogP contribution in [0.2, 0.25) is 0 Å². The number of anilines is 1. The molecule has 1 atom stereocenters. The van der Waals surface area contributed by atoms with E-state index in [1.54, 1.807) is 6.20 Å². The van der Waals surface area contributed by atoms with Crippen LogP contribution in [0.15, 0.2) is 42.6 Å². The van der Waals surface area contributed by atoms with Gasteiger partial charge >= 0.3 is 0 Å². The first-order valence-electron chi connectivity index (χ1n) is 11.7. The summed E-state index contributed by atoms with van der Waals surface area (Å²) in [5.41, 5.74) is 2.80. The topological polar surface area (TPSA) is 67.8 Å². The van der Waals surface area contributed by atoms with Gasteiger partial charge in [-0.05, 0) is 47.7 Å². The van der Waals surface area contributed by atoms with Gasteiger partial charge in [0.15, 0.2) is 17.3 Å². The predicted molar refractivity (Wildman–Crippen MR) is 124 cm³/mol. The maximum atomic E-state index is 13.7. The van der Waals surface area contributed by atoms with E-state index in [9.17, 15) is 13.6 Å². The van der Waals surface area contributed by atoms with E-state index in [-0.39, 0.29) is 24.9 Å². The molecule has 7 nitrogen and oxygen atoms in total. The molecule has 3 aliphatic rings. The number of nitrogens with zero attached hydrogens (tertiary/aromatic N) is 4.